The molecule has 0 saturated heterocycles. The van der Waals surface area contributed by atoms with Gasteiger partial charge in [0.1, 0.15) is 5.75 Å². The van der Waals surface area contributed by atoms with Crippen LogP contribution in [0.1, 0.15) is 13.8 Å². The monoisotopic (exact) mass is 224 g/mol. The molecule has 2 amide bonds. The smallest absolute Gasteiger partial charge is 0.345 e. The van der Waals surface area contributed by atoms with Crippen LogP contribution in [-0.4, -0.2) is 29.5 Å². The van der Waals surface area contributed by atoms with Crippen LogP contribution in [0.5, 0.6) is 5.75 Å². The number of hydrogen-bond donors (Lipinski definition) is 2. The lowest BCUT2D eigenvalue weighted by Gasteiger charge is -2.19. The Kier molecular flexibility index (Phi) is 4.13. The van der Waals surface area contributed by atoms with Gasteiger partial charge in [0.05, 0.1) is 13.2 Å². The maximum atomic E-state index is 11.5. The fraction of sp³-hybridized carbons (Fsp3) is 0.364. The van der Waals surface area contributed by atoms with Crippen molar-refractivity contribution in [3.63, 3.8) is 0 Å². The molecule has 0 fully saturated rings. The number of nitrogens with one attached hydrogen (secondary N) is 1. The van der Waals surface area contributed by atoms with Crippen molar-refractivity contribution in [3.05, 3.63) is 24.3 Å². The van der Waals surface area contributed by atoms with E-state index >= 15 is 0 Å². The summed E-state index contributed by atoms with van der Waals surface area (Å²) in [5.74, 6) is 0.645. The van der Waals surface area contributed by atoms with Gasteiger partial charge in [-0.1, -0.05) is 6.07 Å². The van der Waals surface area contributed by atoms with Gasteiger partial charge >= 0.3 is 6.03 Å². The number of amides is 2. The first kappa shape index (κ1) is 12.3. The quantitative estimate of drug-likeness (QED) is 0.611. The van der Waals surface area contributed by atoms with E-state index in [9.17, 15) is 10.0 Å². The summed E-state index contributed by atoms with van der Waals surface area (Å²) in [6, 6.07) is 6.08. The SMILES string of the molecule is COc1cccc(NC(=O)N(O)C(C)C)c1. The second-order valence-electron chi connectivity index (χ2n) is 3.60. The molecule has 0 saturated carbocycles. The van der Waals surface area contributed by atoms with E-state index in [0.717, 1.165) is 0 Å². The number of anilines is 1. The van der Waals surface area contributed by atoms with Gasteiger partial charge in [-0.15, -0.1) is 0 Å². The largest absolute Gasteiger partial charge is 0.497 e. The van der Waals surface area contributed by atoms with E-state index in [-0.39, 0.29) is 6.04 Å². The van der Waals surface area contributed by atoms with Crippen molar-refractivity contribution in [3.8, 4) is 5.75 Å². The first-order chi connectivity index (χ1) is 7.54. The number of carbonyl (C=O) groups excluding carboxylic acids is 1. The number of urea groups is 1. The van der Waals surface area contributed by atoms with Crippen molar-refractivity contribution in [2.45, 2.75) is 19.9 Å². The van der Waals surface area contributed by atoms with Gasteiger partial charge < -0.3 is 10.1 Å². The van der Waals surface area contributed by atoms with E-state index < -0.39 is 6.03 Å². The molecule has 0 spiro atoms. The van der Waals surface area contributed by atoms with E-state index in [2.05, 4.69) is 5.32 Å². The summed E-state index contributed by atoms with van der Waals surface area (Å²) in [5.41, 5.74) is 0.573. The maximum Gasteiger partial charge on any atom is 0.345 e. The third kappa shape index (κ3) is 3.13. The molecule has 1 aromatic rings. The minimum Gasteiger partial charge on any atom is -0.497 e. The molecule has 1 aromatic carbocycles. The molecule has 0 aliphatic heterocycles. The Balaban J connectivity index is 2.69. The number of benzene rings is 1. The minimum absolute atomic E-state index is 0.273. The van der Waals surface area contributed by atoms with Gasteiger partial charge in [-0.3, -0.25) is 5.21 Å². The lowest BCUT2D eigenvalue weighted by atomic mass is 10.3. The number of methoxy groups -OCH3 is 1. The van der Waals surface area contributed by atoms with Gasteiger partial charge in [-0.2, -0.15) is 0 Å². The average molecular weight is 224 g/mol. The average Bonchev–Trinajstić information content (AvgIpc) is 2.28. The van der Waals surface area contributed by atoms with Gasteiger partial charge in [-0.05, 0) is 26.0 Å². The van der Waals surface area contributed by atoms with Gasteiger partial charge in [0.25, 0.3) is 0 Å². The summed E-state index contributed by atoms with van der Waals surface area (Å²) in [5, 5.41) is 12.6. The van der Waals surface area contributed by atoms with Crippen LogP contribution in [0.25, 0.3) is 0 Å². The van der Waals surface area contributed by atoms with E-state index in [0.29, 0.717) is 16.5 Å². The van der Waals surface area contributed by atoms with Crippen molar-refractivity contribution >= 4 is 11.7 Å². The zero-order chi connectivity index (χ0) is 12.1. The van der Waals surface area contributed by atoms with Gasteiger partial charge in [0, 0.05) is 11.8 Å². The highest BCUT2D eigenvalue weighted by molar-refractivity contribution is 5.88. The Morgan fingerprint density at radius 2 is 2.19 bits per heavy atom. The Bertz CT molecular complexity index is 366. The summed E-state index contributed by atoms with van der Waals surface area (Å²) in [6.45, 7) is 3.43. The molecule has 0 unspecified atom stereocenters. The third-order valence-corrected chi connectivity index (χ3v) is 2.02. The first-order valence-electron chi connectivity index (χ1n) is 4.97. The van der Waals surface area contributed by atoms with Crippen LogP contribution in [0.4, 0.5) is 10.5 Å². The molecular weight excluding hydrogens is 208 g/mol. The first-order valence-corrected chi connectivity index (χ1v) is 4.97. The number of rotatable bonds is 3. The summed E-state index contributed by atoms with van der Waals surface area (Å²) in [6.07, 6.45) is 0. The normalized spacial score (nSPS) is 10.1. The Morgan fingerprint density at radius 3 is 2.75 bits per heavy atom. The number of ether oxygens (including phenoxy) is 1. The second kappa shape index (κ2) is 5.37. The summed E-state index contributed by atoms with van der Waals surface area (Å²) >= 11 is 0. The summed E-state index contributed by atoms with van der Waals surface area (Å²) in [7, 11) is 1.55. The second-order valence-corrected chi connectivity index (χ2v) is 3.60. The van der Waals surface area contributed by atoms with Crippen molar-refractivity contribution < 1.29 is 14.7 Å². The van der Waals surface area contributed by atoms with Crippen molar-refractivity contribution in [1.82, 2.24) is 5.06 Å². The third-order valence-electron chi connectivity index (χ3n) is 2.02. The molecule has 0 atom stereocenters. The van der Waals surface area contributed by atoms with Crippen molar-refractivity contribution in [2.75, 3.05) is 12.4 Å². The van der Waals surface area contributed by atoms with Crippen LogP contribution in [0.15, 0.2) is 24.3 Å². The fourth-order valence-electron chi connectivity index (χ4n) is 1.12. The number of hydrogen-bond acceptors (Lipinski definition) is 3. The number of hydroxylamine groups is 2. The van der Waals surface area contributed by atoms with Crippen LogP contribution in [-0.2, 0) is 0 Å². The van der Waals surface area contributed by atoms with E-state index in [1.165, 1.54) is 0 Å². The molecule has 5 heteroatoms. The van der Waals surface area contributed by atoms with Crippen LogP contribution >= 0.6 is 0 Å². The van der Waals surface area contributed by atoms with Crippen LogP contribution in [0, 0.1) is 0 Å². The lowest BCUT2D eigenvalue weighted by molar-refractivity contribution is -0.0622. The zero-order valence-corrected chi connectivity index (χ0v) is 9.60. The Labute approximate surface area is 94.6 Å². The van der Waals surface area contributed by atoms with Gasteiger partial charge in [0.2, 0.25) is 0 Å². The van der Waals surface area contributed by atoms with Crippen LogP contribution in [0.3, 0.4) is 0 Å². The summed E-state index contributed by atoms with van der Waals surface area (Å²) in [4.78, 5) is 11.5. The Morgan fingerprint density at radius 1 is 1.50 bits per heavy atom. The molecule has 0 bridgehead atoms. The maximum absolute atomic E-state index is 11.5. The number of nitrogens with zero attached hydrogens (tertiary/aromatic N) is 1. The highest BCUT2D eigenvalue weighted by Gasteiger charge is 2.14. The fourth-order valence-corrected chi connectivity index (χ4v) is 1.12. The van der Waals surface area contributed by atoms with Gasteiger partial charge in [-0.25, -0.2) is 9.86 Å². The molecule has 1 rings (SSSR count). The topological polar surface area (TPSA) is 61.8 Å². The minimum atomic E-state index is -0.566. The van der Waals surface area contributed by atoms with Gasteiger partial charge in [0.15, 0.2) is 0 Å². The molecule has 0 aliphatic rings. The summed E-state index contributed by atoms with van der Waals surface area (Å²) < 4.78 is 5.02. The number of carbonyl (C=O) groups is 1. The Hall–Kier alpha value is -1.75. The van der Waals surface area contributed by atoms with Crippen LogP contribution < -0.4 is 10.1 Å². The molecule has 0 heterocycles. The van der Waals surface area contributed by atoms with E-state index in [1.54, 1.807) is 45.2 Å². The van der Waals surface area contributed by atoms with Crippen molar-refractivity contribution in [2.24, 2.45) is 0 Å². The van der Waals surface area contributed by atoms with Crippen molar-refractivity contribution in [1.29, 1.82) is 0 Å². The molecular formula is C11H16N2O3. The highest BCUT2D eigenvalue weighted by atomic mass is 16.5. The molecule has 88 valence electrons. The standard InChI is InChI=1S/C11H16N2O3/c1-8(2)13(15)11(14)12-9-5-4-6-10(7-9)16-3/h4-8,15H,1-3H3,(H,12,14). The zero-order valence-electron chi connectivity index (χ0n) is 9.60. The predicted molar refractivity (Wildman–Crippen MR) is 60.8 cm³/mol. The van der Waals surface area contributed by atoms with E-state index in [1.807, 2.05) is 0 Å². The van der Waals surface area contributed by atoms with E-state index in [4.69, 9.17) is 4.74 Å². The molecule has 16 heavy (non-hydrogen) atoms. The molecule has 0 aromatic heterocycles. The molecule has 2 N–H and O–H groups in total. The molecule has 0 aliphatic carbocycles. The molecule has 0 radical (unpaired) electrons. The molecule has 5 nitrogen and oxygen atoms in total. The lowest BCUT2D eigenvalue weighted by Crippen LogP contribution is -2.37. The highest BCUT2D eigenvalue weighted by Crippen LogP contribution is 2.17. The van der Waals surface area contributed by atoms with Crippen LogP contribution in [0.2, 0.25) is 0 Å². The predicted octanol–water partition coefficient (Wildman–Crippen LogP) is 2.33.